The Bertz CT molecular complexity index is 465. The van der Waals surface area contributed by atoms with Gasteiger partial charge in [-0.1, -0.05) is 23.2 Å². The van der Waals surface area contributed by atoms with Crippen LogP contribution in [-0.4, -0.2) is 25.0 Å². The highest BCUT2D eigenvalue weighted by Gasteiger charge is 2.17. The number of amides is 1. The Morgan fingerprint density at radius 3 is 2.79 bits per heavy atom. The quantitative estimate of drug-likeness (QED) is 0.838. The summed E-state index contributed by atoms with van der Waals surface area (Å²) in [5.41, 5.74) is 0.108. The van der Waals surface area contributed by atoms with Gasteiger partial charge in [-0.25, -0.2) is 4.39 Å². The van der Waals surface area contributed by atoms with Crippen LogP contribution >= 0.6 is 35.6 Å². The van der Waals surface area contributed by atoms with Crippen LogP contribution in [0.5, 0.6) is 0 Å². The number of nitrogens with one attached hydrogen (secondary N) is 2. The zero-order chi connectivity index (χ0) is 13.1. The van der Waals surface area contributed by atoms with Crippen LogP contribution in [0.2, 0.25) is 10.0 Å². The molecular weight excluding hydrogens is 314 g/mol. The highest BCUT2D eigenvalue weighted by molar-refractivity contribution is 6.36. The molecule has 1 amide bonds. The lowest BCUT2D eigenvalue weighted by atomic mass is 10.2. The summed E-state index contributed by atoms with van der Waals surface area (Å²) in [7, 11) is 0. The van der Waals surface area contributed by atoms with E-state index in [2.05, 4.69) is 10.6 Å². The maximum absolute atomic E-state index is 13.3. The molecular formula is C12H14Cl3FN2O. The van der Waals surface area contributed by atoms with Crippen molar-refractivity contribution in [2.24, 2.45) is 0 Å². The average Bonchev–Trinajstić information content (AvgIpc) is 2.84. The van der Waals surface area contributed by atoms with E-state index in [0.29, 0.717) is 6.54 Å². The molecule has 1 aromatic rings. The average molecular weight is 328 g/mol. The number of carbonyl (C=O) groups excluding carboxylic acids is 1. The smallest absolute Gasteiger partial charge is 0.252 e. The number of hydrogen-bond acceptors (Lipinski definition) is 2. The third-order valence-corrected chi connectivity index (χ3v) is 3.53. The van der Waals surface area contributed by atoms with Crippen molar-refractivity contribution >= 4 is 41.5 Å². The monoisotopic (exact) mass is 326 g/mol. The molecule has 106 valence electrons. The van der Waals surface area contributed by atoms with Crippen molar-refractivity contribution in [3.63, 3.8) is 0 Å². The molecule has 7 heteroatoms. The molecule has 0 saturated carbocycles. The predicted octanol–water partition coefficient (Wildman–Crippen LogP) is 3.04. The molecule has 1 saturated heterocycles. The molecule has 1 fully saturated rings. The molecule has 0 bridgehead atoms. The Balaban J connectivity index is 0.00000180. The third-order valence-electron chi connectivity index (χ3n) is 2.93. The van der Waals surface area contributed by atoms with E-state index in [-0.39, 0.29) is 40.0 Å². The van der Waals surface area contributed by atoms with E-state index in [1.54, 1.807) is 0 Å². The summed E-state index contributed by atoms with van der Waals surface area (Å²) in [6.07, 6.45) is 2.14. The van der Waals surface area contributed by atoms with Crippen LogP contribution in [-0.2, 0) is 0 Å². The number of hydrogen-bond donors (Lipinski definition) is 2. The van der Waals surface area contributed by atoms with Gasteiger partial charge in [0, 0.05) is 12.6 Å². The van der Waals surface area contributed by atoms with Crippen molar-refractivity contribution in [2.75, 3.05) is 13.1 Å². The van der Waals surface area contributed by atoms with E-state index >= 15 is 0 Å². The highest BCUT2D eigenvalue weighted by Crippen LogP contribution is 2.24. The molecule has 1 aliphatic heterocycles. The van der Waals surface area contributed by atoms with Crippen LogP contribution < -0.4 is 10.6 Å². The minimum atomic E-state index is -0.648. The van der Waals surface area contributed by atoms with E-state index in [1.165, 1.54) is 6.07 Å². The van der Waals surface area contributed by atoms with Crippen molar-refractivity contribution < 1.29 is 9.18 Å². The van der Waals surface area contributed by atoms with Gasteiger partial charge in [-0.15, -0.1) is 12.4 Å². The van der Waals surface area contributed by atoms with E-state index in [4.69, 9.17) is 23.2 Å². The maximum atomic E-state index is 13.3. The maximum Gasteiger partial charge on any atom is 0.252 e. The van der Waals surface area contributed by atoms with Crippen molar-refractivity contribution in [3.05, 3.63) is 33.6 Å². The second-order valence-electron chi connectivity index (χ2n) is 4.25. The van der Waals surface area contributed by atoms with Crippen molar-refractivity contribution in [2.45, 2.75) is 18.9 Å². The predicted molar refractivity (Wildman–Crippen MR) is 77.0 cm³/mol. The van der Waals surface area contributed by atoms with Gasteiger partial charge in [0.25, 0.3) is 5.91 Å². The molecule has 19 heavy (non-hydrogen) atoms. The Hall–Kier alpha value is -0.550. The van der Waals surface area contributed by atoms with Gasteiger partial charge in [0.15, 0.2) is 0 Å². The number of rotatable bonds is 3. The van der Waals surface area contributed by atoms with Crippen LogP contribution in [0.1, 0.15) is 23.2 Å². The van der Waals surface area contributed by atoms with Gasteiger partial charge in [0.1, 0.15) is 5.82 Å². The summed E-state index contributed by atoms with van der Waals surface area (Å²) in [6, 6.07) is 2.58. The number of halogens is 4. The Morgan fingerprint density at radius 2 is 2.16 bits per heavy atom. The lowest BCUT2D eigenvalue weighted by Gasteiger charge is -2.12. The molecule has 1 aliphatic rings. The summed E-state index contributed by atoms with van der Waals surface area (Å²) in [4.78, 5) is 11.9. The third kappa shape index (κ3) is 4.21. The summed E-state index contributed by atoms with van der Waals surface area (Å²) >= 11 is 11.4. The van der Waals surface area contributed by atoms with Gasteiger partial charge in [0.2, 0.25) is 0 Å². The molecule has 0 aromatic heterocycles. The molecule has 2 rings (SSSR count). The highest BCUT2D eigenvalue weighted by atomic mass is 35.5. The van der Waals surface area contributed by atoms with Crippen LogP contribution in [0, 0.1) is 5.82 Å². The zero-order valence-electron chi connectivity index (χ0n) is 10.0. The first-order valence-electron chi connectivity index (χ1n) is 5.74. The first-order chi connectivity index (χ1) is 8.58. The molecule has 0 radical (unpaired) electrons. The molecule has 1 aromatic carbocycles. The van der Waals surface area contributed by atoms with Gasteiger partial charge < -0.3 is 10.6 Å². The van der Waals surface area contributed by atoms with Crippen LogP contribution in [0.4, 0.5) is 4.39 Å². The van der Waals surface area contributed by atoms with Gasteiger partial charge in [-0.05, 0) is 31.5 Å². The molecule has 0 spiro atoms. The second-order valence-corrected chi connectivity index (χ2v) is 5.06. The first kappa shape index (κ1) is 16.5. The molecule has 2 N–H and O–H groups in total. The molecule has 1 atom stereocenters. The molecule has 0 aliphatic carbocycles. The zero-order valence-corrected chi connectivity index (χ0v) is 12.3. The van der Waals surface area contributed by atoms with Gasteiger partial charge >= 0.3 is 0 Å². The SMILES string of the molecule is Cl.O=C(NCC1CCCN1)c1cc(F)c(Cl)cc1Cl. The lowest BCUT2D eigenvalue weighted by Crippen LogP contribution is -2.37. The van der Waals surface area contributed by atoms with Crippen molar-refractivity contribution in [3.8, 4) is 0 Å². The first-order valence-corrected chi connectivity index (χ1v) is 6.49. The van der Waals surface area contributed by atoms with Crippen molar-refractivity contribution in [1.82, 2.24) is 10.6 Å². The summed E-state index contributed by atoms with van der Waals surface area (Å²) < 4.78 is 13.3. The van der Waals surface area contributed by atoms with Crippen molar-refractivity contribution in [1.29, 1.82) is 0 Å². The van der Waals surface area contributed by atoms with Crippen LogP contribution in [0.15, 0.2) is 12.1 Å². The van der Waals surface area contributed by atoms with E-state index in [9.17, 15) is 9.18 Å². The molecule has 1 heterocycles. The normalized spacial score (nSPS) is 17.9. The van der Waals surface area contributed by atoms with E-state index in [1.807, 2.05) is 0 Å². The van der Waals surface area contributed by atoms with E-state index < -0.39 is 5.82 Å². The van der Waals surface area contributed by atoms with E-state index in [0.717, 1.165) is 25.5 Å². The molecule has 1 unspecified atom stereocenters. The summed E-state index contributed by atoms with van der Waals surface area (Å²) in [5, 5.41) is 6.05. The largest absolute Gasteiger partial charge is 0.350 e. The fourth-order valence-corrected chi connectivity index (χ4v) is 2.41. The Kier molecular flexibility index (Phi) is 6.33. The number of carbonyl (C=O) groups is 1. The van der Waals surface area contributed by atoms with Gasteiger partial charge in [-0.2, -0.15) is 0 Å². The fourth-order valence-electron chi connectivity index (χ4n) is 1.94. The fraction of sp³-hybridized carbons (Fsp3) is 0.417. The van der Waals surface area contributed by atoms with Crippen LogP contribution in [0.3, 0.4) is 0 Å². The Morgan fingerprint density at radius 1 is 1.42 bits per heavy atom. The summed E-state index contributed by atoms with van der Waals surface area (Å²) in [5.74, 6) is -1.03. The minimum absolute atomic E-state index is 0. The van der Waals surface area contributed by atoms with Gasteiger partial charge in [-0.3, -0.25) is 4.79 Å². The lowest BCUT2D eigenvalue weighted by molar-refractivity contribution is 0.0950. The second kappa shape index (κ2) is 7.29. The Labute approximate surface area is 127 Å². The number of benzene rings is 1. The molecule has 3 nitrogen and oxygen atoms in total. The summed E-state index contributed by atoms with van der Waals surface area (Å²) in [6.45, 7) is 1.48. The van der Waals surface area contributed by atoms with Crippen LogP contribution in [0.25, 0.3) is 0 Å². The standard InChI is InChI=1S/C12H13Cl2FN2O.ClH/c13-9-5-10(14)11(15)4-8(9)12(18)17-6-7-2-1-3-16-7;/h4-5,7,16H,1-3,6H2,(H,17,18);1H. The topological polar surface area (TPSA) is 41.1 Å². The van der Waals surface area contributed by atoms with Gasteiger partial charge in [0.05, 0.1) is 15.6 Å². The minimum Gasteiger partial charge on any atom is -0.350 e.